The Morgan fingerprint density at radius 1 is 1.00 bits per heavy atom. The van der Waals surface area contributed by atoms with Crippen LogP contribution in [0.3, 0.4) is 0 Å². The first-order chi connectivity index (χ1) is 9.56. The van der Waals surface area contributed by atoms with Gasteiger partial charge in [-0.2, -0.15) is 0 Å². The van der Waals surface area contributed by atoms with Crippen LogP contribution in [0.4, 0.5) is 0 Å². The van der Waals surface area contributed by atoms with Gasteiger partial charge in [0.2, 0.25) is 0 Å². The number of fused-ring (bicyclic) bond motifs is 5. The third-order valence-corrected chi connectivity index (χ3v) is 9.37. The molecule has 2 saturated carbocycles. The molecule has 0 spiro atoms. The maximum atomic E-state index is 2.74. The predicted octanol–water partition coefficient (Wildman–Crippen LogP) is 5.77. The Bertz CT molecular complexity index is 464. The van der Waals surface area contributed by atoms with Crippen molar-refractivity contribution in [1.82, 2.24) is 0 Å². The van der Waals surface area contributed by atoms with E-state index in [-0.39, 0.29) is 0 Å². The van der Waals surface area contributed by atoms with Crippen LogP contribution in [0.5, 0.6) is 0 Å². The van der Waals surface area contributed by atoms with E-state index in [1.807, 2.05) is 0 Å². The maximum absolute atomic E-state index is 2.74. The Labute approximate surface area is 137 Å². The van der Waals surface area contributed by atoms with Gasteiger partial charge in [-0.3, -0.25) is 0 Å². The van der Waals surface area contributed by atoms with Gasteiger partial charge in [-0.15, -0.1) is 0 Å². The quantitative estimate of drug-likeness (QED) is 0.283. The summed E-state index contributed by atoms with van der Waals surface area (Å²) in [4.78, 5) is 0. The van der Waals surface area contributed by atoms with Gasteiger partial charge in [-0.1, -0.05) is 60.7 Å². The summed E-state index contributed by atoms with van der Waals surface area (Å²) in [5.41, 5.74) is 1.11. The molecule has 20 heavy (non-hydrogen) atoms. The Hall–Kier alpha value is 0.210. The van der Waals surface area contributed by atoms with Crippen molar-refractivity contribution in [3.63, 3.8) is 0 Å². The molecule has 0 aliphatic heterocycles. The molecule has 4 aliphatic rings. The van der Waals surface area contributed by atoms with E-state index in [1.54, 1.807) is 0 Å². The topological polar surface area (TPSA) is 0 Å². The zero-order chi connectivity index (χ0) is 14.0. The van der Waals surface area contributed by atoms with Gasteiger partial charge < -0.3 is 0 Å². The highest BCUT2D eigenvalue weighted by atomic mass is 127. The van der Waals surface area contributed by atoms with Crippen molar-refractivity contribution in [2.45, 2.75) is 56.3 Å². The molecular weight excluding hydrogens is 355 g/mol. The third-order valence-electron chi connectivity index (χ3n) is 7.61. The highest BCUT2D eigenvalue weighted by molar-refractivity contribution is 14.1. The Balaban J connectivity index is 1.70. The van der Waals surface area contributed by atoms with Crippen LogP contribution in [-0.4, -0.2) is 3.92 Å². The van der Waals surface area contributed by atoms with E-state index in [9.17, 15) is 0 Å². The first kappa shape index (κ1) is 13.8. The minimum Gasteiger partial charge on any atom is -0.0877 e. The molecule has 0 N–H and O–H groups in total. The van der Waals surface area contributed by atoms with E-state index in [1.165, 1.54) is 38.5 Å². The fourth-order valence-corrected chi connectivity index (χ4v) is 7.59. The molecule has 0 saturated heterocycles. The van der Waals surface area contributed by atoms with Gasteiger partial charge in [0.15, 0.2) is 0 Å². The molecule has 0 heterocycles. The second kappa shape index (κ2) is 4.60. The van der Waals surface area contributed by atoms with Crippen LogP contribution in [0, 0.1) is 34.5 Å². The minimum atomic E-state index is 0.537. The second-order valence-electron chi connectivity index (χ2n) is 8.27. The minimum absolute atomic E-state index is 0.537. The molecule has 0 radical (unpaired) electrons. The number of alkyl halides is 1. The summed E-state index contributed by atoms with van der Waals surface area (Å²) in [7, 11) is 0. The molecule has 4 aliphatic carbocycles. The second-order valence-corrected chi connectivity index (χ2v) is 9.61. The van der Waals surface area contributed by atoms with Gasteiger partial charge in [0.25, 0.3) is 0 Å². The van der Waals surface area contributed by atoms with E-state index >= 15 is 0 Å². The number of halogens is 1. The lowest BCUT2D eigenvalue weighted by Gasteiger charge is -2.60. The van der Waals surface area contributed by atoms with Gasteiger partial charge in [0, 0.05) is 3.92 Å². The van der Waals surface area contributed by atoms with Gasteiger partial charge in [0.05, 0.1) is 0 Å². The summed E-state index contributed by atoms with van der Waals surface area (Å²) >= 11 is 2.74. The lowest BCUT2D eigenvalue weighted by atomic mass is 9.46. The lowest BCUT2D eigenvalue weighted by Crippen LogP contribution is -2.54. The fourth-order valence-electron chi connectivity index (χ4n) is 6.32. The van der Waals surface area contributed by atoms with Crippen LogP contribution < -0.4 is 0 Å². The van der Waals surface area contributed by atoms with E-state index in [4.69, 9.17) is 0 Å². The standard InChI is InChI=1S/C19H27I/c1-18-11-4-6-15(18)14-9-8-13-5-3-7-17(20)19(13,2)16(14)10-12-18/h3-4,7,11,13-17H,5-6,8-10,12H2,1-2H3/t13-,14+,15+,16+,17?,18+,19+/m1/s1. The van der Waals surface area contributed by atoms with Crippen molar-refractivity contribution < 1.29 is 0 Å². The van der Waals surface area contributed by atoms with Gasteiger partial charge in [-0.05, 0) is 73.0 Å². The monoisotopic (exact) mass is 382 g/mol. The third kappa shape index (κ3) is 1.71. The van der Waals surface area contributed by atoms with E-state index < -0.39 is 0 Å². The molecule has 0 aromatic rings. The van der Waals surface area contributed by atoms with Crippen molar-refractivity contribution in [2.24, 2.45) is 34.5 Å². The van der Waals surface area contributed by atoms with Crippen LogP contribution in [0.1, 0.15) is 52.4 Å². The summed E-state index contributed by atoms with van der Waals surface area (Å²) in [5, 5.41) is 0. The highest BCUT2D eigenvalue weighted by Gasteiger charge is 2.57. The first-order valence-electron chi connectivity index (χ1n) is 8.54. The molecule has 0 aromatic carbocycles. The van der Waals surface area contributed by atoms with Crippen LogP contribution >= 0.6 is 22.6 Å². The van der Waals surface area contributed by atoms with Crippen LogP contribution in [0.25, 0.3) is 0 Å². The van der Waals surface area contributed by atoms with Crippen molar-refractivity contribution in [3.8, 4) is 0 Å². The molecule has 0 amide bonds. The Morgan fingerprint density at radius 3 is 2.70 bits per heavy atom. The molecule has 7 atom stereocenters. The SMILES string of the molecule is C[C@]12C(I)C=CC[C@@H]1CC[C@@H]1[C@@H]2CC[C@]2(C)C=CC[C@@H]12. The normalized spacial score (nSPS) is 57.0. The molecule has 1 unspecified atom stereocenters. The van der Waals surface area contributed by atoms with Crippen LogP contribution in [0.2, 0.25) is 0 Å². The smallest absolute Gasteiger partial charge is 0.0348 e. The molecule has 110 valence electrons. The van der Waals surface area contributed by atoms with Crippen molar-refractivity contribution in [2.75, 3.05) is 0 Å². The summed E-state index contributed by atoms with van der Waals surface area (Å²) in [6.07, 6.45) is 18.6. The average molecular weight is 382 g/mol. The van der Waals surface area contributed by atoms with Gasteiger partial charge >= 0.3 is 0 Å². The maximum Gasteiger partial charge on any atom is 0.0348 e. The molecule has 0 aromatic heterocycles. The predicted molar refractivity (Wildman–Crippen MR) is 94.0 cm³/mol. The number of rotatable bonds is 0. The largest absolute Gasteiger partial charge is 0.0877 e. The Kier molecular flexibility index (Phi) is 3.18. The summed E-state index contributed by atoms with van der Waals surface area (Å²) in [5.74, 6) is 3.88. The molecule has 0 nitrogen and oxygen atoms in total. The molecular formula is C19H27I. The highest BCUT2D eigenvalue weighted by Crippen LogP contribution is 2.65. The van der Waals surface area contributed by atoms with E-state index in [0.29, 0.717) is 10.8 Å². The first-order valence-corrected chi connectivity index (χ1v) is 9.79. The number of hydrogen-bond donors (Lipinski definition) is 0. The Morgan fingerprint density at radius 2 is 1.85 bits per heavy atom. The lowest BCUT2D eigenvalue weighted by molar-refractivity contribution is -0.0752. The molecule has 1 heteroatoms. The summed E-state index contributed by atoms with van der Waals surface area (Å²) in [6, 6.07) is 0. The zero-order valence-corrected chi connectivity index (χ0v) is 15.0. The fraction of sp³-hybridized carbons (Fsp3) is 0.789. The van der Waals surface area contributed by atoms with E-state index in [2.05, 4.69) is 60.7 Å². The molecule has 4 rings (SSSR count). The molecule has 2 fully saturated rings. The average Bonchev–Trinajstić information content (AvgIpc) is 2.82. The van der Waals surface area contributed by atoms with Crippen LogP contribution in [-0.2, 0) is 0 Å². The van der Waals surface area contributed by atoms with Gasteiger partial charge in [-0.25, -0.2) is 0 Å². The molecule has 0 bridgehead atoms. The number of hydrogen-bond acceptors (Lipinski definition) is 0. The van der Waals surface area contributed by atoms with Crippen molar-refractivity contribution >= 4 is 22.6 Å². The van der Waals surface area contributed by atoms with Crippen molar-refractivity contribution in [3.05, 3.63) is 24.3 Å². The number of allylic oxidation sites excluding steroid dienone is 4. The van der Waals surface area contributed by atoms with Gasteiger partial charge in [0.1, 0.15) is 0 Å². The summed E-state index contributed by atoms with van der Waals surface area (Å²) < 4.78 is 0.755. The van der Waals surface area contributed by atoms with Crippen LogP contribution in [0.15, 0.2) is 24.3 Å². The zero-order valence-electron chi connectivity index (χ0n) is 12.8. The van der Waals surface area contributed by atoms with E-state index in [0.717, 1.165) is 27.6 Å². The summed E-state index contributed by atoms with van der Waals surface area (Å²) in [6.45, 7) is 5.17. The van der Waals surface area contributed by atoms with Crippen molar-refractivity contribution in [1.29, 1.82) is 0 Å².